The topological polar surface area (TPSA) is 44.8 Å². The van der Waals surface area contributed by atoms with Crippen molar-refractivity contribution >= 4 is 11.7 Å². The number of hydrogen-bond donors (Lipinski definition) is 1. The number of morpholine rings is 1. The quantitative estimate of drug-likeness (QED) is 0.928. The normalized spacial score (nSPS) is 18.9. The molecule has 1 heterocycles. The zero-order chi connectivity index (χ0) is 16.1. The van der Waals surface area contributed by atoms with E-state index < -0.39 is 0 Å². The standard InChI is InChI=1S/C18H27N3O2/c1-20(18(22)19-16-7-3-4-8-16)14-15-6-2-5-9-17(15)21-10-12-23-13-11-21/h2,5-6,9,16H,3-4,7-8,10-14H2,1H3,(H,19,22). The van der Waals surface area contributed by atoms with Crippen molar-refractivity contribution in [3.05, 3.63) is 29.8 Å². The van der Waals surface area contributed by atoms with E-state index in [2.05, 4.69) is 28.4 Å². The van der Waals surface area contributed by atoms with E-state index in [0.29, 0.717) is 12.6 Å². The summed E-state index contributed by atoms with van der Waals surface area (Å²) in [7, 11) is 1.88. The average molecular weight is 317 g/mol. The van der Waals surface area contributed by atoms with Crippen LogP contribution in [-0.2, 0) is 11.3 Å². The molecule has 1 aromatic carbocycles. The molecule has 3 rings (SSSR count). The van der Waals surface area contributed by atoms with Crippen molar-refractivity contribution in [3.63, 3.8) is 0 Å². The van der Waals surface area contributed by atoms with Crippen LogP contribution in [0.1, 0.15) is 31.2 Å². The molecule has 5 nitrogen and oxygen atoms in total. The Hall–Kier alpha value is -1.75. The first-order chi connectivity index (χ1) is 11.2. The number of nitrogens with one attached hydrogen (secondary N) is 1. The number of benzene rings is 1. The maximum atomic E-state index is 12.4. The molecule has 0 unspecified atom stereocenters. The largest absolute Gasteiger partial charge is 0.378 e. The Balaban J connectivity index is 1.63. The molecule has 1 N–H and O–H groups in total. The van der Waals surface area contributed by atoms with Crippen LogP contribution in [0.3, 0.4) is 0 Å². The lowest BCUT2D eigenvalue weighted by molar-refractivity contribution is 0.122. The lowest BCUT2D eigenvalue weighted by Crippen LogP contribution is -2.42. The second kappa shape index (κ2) is 7.68. The fourth-order valence-electron chi connectivity index (χ4n) is 3.44. The molecule has 1 aromatic rings. The van der Waals surface area contributed by atoms with Gasteiger partial charge in [0.1, 0.15) is 0 Å². The van der Waals surface area contributed by atoms with E-state index in [4.69, 9.17) is 4.74 Å². The molecule has 126 valence electrons. The van der Waals surface area contributed by atoms with Crippen molar-refractivity contribution in [1.82, 2.24) is 10.2 Å². The number of rotatable bonds is 4. The summed E-state index contributed by atoms with van der Waals surface area (Å²) in [5.74, 6) is 0. The Morgan fingerprint density at radius 2 is 1.96 bits per heavy atom. The van der Waals surface area contributed by atoms with Gasteiger partial charge in [-0.05, 0) is 24.5 Å². The van der Waals surface area contributed by atoms with Gasteiger partial charge in [-0.15, -0.1) is 0 Å². The first kappa shape index (κ1) is 16.1. The maximum absolute atomic E-state index is 12.4. The number of anilines is 1. The first-order valence-corrected chi connectivity index (χ1v) is 8.66. The molecule has 0 spiro atoms. The van der Waals surface area contributed by atoms with Crippen molar-refractivity contribution in [2.75, 3.05) is 38.3 Å². The number of urea groups is 1. The van der Waals surface area contributed by atoms with Crippen LogP contribution in [0.4, 0.5) is 10.5 Å². The summed E-state index contributed by atoms with van der Waals surface area (Å²) >= 11 is 0. The van der Waals surface area contributed by atoms with Crippen LogP contribution in [0.25, 0.3) is 0 Å². The molecule has 0 aromatic heterocycles. The molecule has 5 heteroatoms. The van der Waals surface area contributed by atoms with Crippen molar-refractivity contribution in [2.24, 2.45) is 0 Å². The molecule has 23 heavy (non-hydrogen) atoms. The number of para-hydroxylation sites is 1. The predicted octanol–water partition coefficient (Wildman–Crippen LogP) is 2.61. The summed E-state index contributed by atoms with van der Waals surface area (Å²) in [5, 5.41) is 3.15. The highest BCUT2D eigenvalue weighted by atomic mass is 16.5. The third-order valence-corrected chi connectivity index (χ3v) is 4.78. The van der Waals surface area contributed by atoms with E-state index >= 15 is 0 Å². The van der Waals surface area contributed by atoms with Gasteiger partial charge in [-0.25, -0.2) is 4.79 Å². The Morgan fingerprint density at radius 1 is 1.26 bits per heavy atom. The number of nitrogens with zero attached hydrogens (tertiary/aromatic N) is 2. The molecular weight excluding hydrogens is 290 g/mol. The van der Waals surface area contributed by atoms with Crippen molar-refractivity contribution in [1.29, 1.82) is 0 Å². The van der Waals surface area contributed by atoms with E-state index in [-0.39, 0.29) is 6.03 Å². The molecule has 1 saturated heterocycles. The summed E-state index contributed by atoms with van der Waals surface area (Å²) < 4.78 is 5.44. The highest BCUT2D eigenvalue weighted by Gasteiger charge is 2.20. The molecule has 2 aliphatic rings. The Kier molecular flexibility index (Phi) is 5.39. The third kappa shape index (κ3) is 4.16. The van der Waals surface area contributed by atoms with E-state index in [9.17, 15) is 4.79 Å². The Labute approximate surface area is 138 Å². The second-order valence-electron chi connectivity index (χ2n) is 6.52. The number of carbonyl (C=O) groups excluding carboxylic acids is 1. The summed E-state index contributed by atoms with van der Waals surface area (Å²) in [5.41, 5.74) is 2.41. The van der Waals surface area contributed by atoms with Gasteiger partial charge in [-0.2, -0.15) is 0 Å². The average Bonchev–Trinajstić information content (AvgIpc) is 3.09. The maximum Gasteiger partial charge on any atom is 0.317 e. The molecule has 0 radical (unpaired) electrons. The molecular formula is C18H27N3O2. The van der Waals surface area contributed by atoms with Gasteiger partial charge in [-0.3, -0.25) is 0 Å². The summed E-state index contributed by atoms with van der Waals surface area (Å²) in [6.07, 6.45) is 4.69. The highest BCUT2D eigenvalue weighted by molar-refractivity contribution is 5.74. The third-order valence-electron chi connectivity index (χ3n) is 4.78. The SMILES string of the molecule is CN(Cc1ccccc1N1CCOCC1)C(=O)NC1CCCC1. The van der Waals surface area contributed by atoms with Crippen LogP contribution in [0.15, 0.2) is 24.3 Å². The van der Waals surface area contributed by atoms with Gasteiger partial charge in [0.05, 0.1) is 13.2 Å². The zero-order valence-electron chi connectivity index (χ0n) is 14.0. The molecule has 1 saturated carbocycles. The van der Waals surface area contributed by atoms with Crippen LogP contribution < -0.4 is 10.2 Å². The second-order valence-corrected chi connectivity index (χ2v) is 6.52. The lowest BCUT2D eigenvalue weighted by Gasteiger charge is -2.31. The molecule has 0 bridgehead atoms. The summed E-state index contributed by atoms with van der Waals surface area (Å²) in [6, 6.07) is 8.76. The minimum atomic E-state index is 0.0358. The van der Waals surface area contributed by atoms with Gasteiger partial charge in [-0.1, -0.05) is 31.0 Å². The van der Waals surface area contributed by atoms with Crippen molar-refractivity contribution in [2.45, 2.75) is 38.3 Å². The van der Waals surface area contributed by atoms with Gasteiger partial charge in [0.25, 0.3) is 0 Å². The summed E-state index contributed by atoms with van der Waals surface area (Å²) in [4.78, 5) is 16.5. The molecule has 0 atom stereocenters. The lowest BCUT2D eigenvalue weighted by atomic mass is 10.1. The van der Waals surface area contributed by atoms with Crippen LogP contribution >= 0.6 is 0 Å². The molecule has 2 fully saturated rings. The van der Waals surface area contributed by atoms with Gasteiger partial charge in [0.15, 0.2) is 0 Å². The molecule has 1 aliphatic heterocycles. The molecule has 1 aliphatic carbocycles. The van der Waals surface area contributed by atoms with E-state index in [1.54, 1.807) is 4.90 Å². The Bertz CT molecular complexity index is 523. The first-order valence-electron chi connectivity index (χ1n) is 8.66. The monoisotopic (exact) mass is 317 g/mol. The van der Waals surface area contributed by atoms with Crippen LogP contribution in [0.2, 0.25) is 0 Å². The van der Waals surface area contributed by atoms with E-state index in [1.807, 2.05) is 13.1 Å². The fourth-order valence-corrected chi connectivity index (χ4v) is 3.44. The van der Waals surface area contributed by atoms with Crippen LogP contribution in [0, 0.1) is 0 Å². The number of hydrogen-bond acceptors (Lipinski definition) is 3. The van der Waals surface area contributed by atoms with E-state index in [1.165, 1.54) is 24.1 Å². The van der Waals surface area contributed by atoms with E-state index in [0.717, 1.165) is 39.1 Å². The summed E-state index contributed by atoms with van der Waals surface area (Å²) in [6.45, 7) is 3.99. The number of ether oxygens (including phenoxy) is 1. The minimum absolute atomic E-state index is 0.0358. The van der Waals surface area contributed by atoms with Crippen LogP contribution in [0.5, 0.6) is 0 Å². The van der Waals surface area contributed by atoms with Crippen LogP contribution in [-0.4, -0.2) is 50.3 Å². The molecule has 2 amide bonds. The predicted molar refractivity (Wildman–Crippen MR) is 91.7 cm³/mol. The van der Waals surface area contributed by atoms with Gasteiger partial charge < -0.3 is 19.9 Å². The Morgan fingerprint density at radius 3 is 2.70 bits per heavy atom. The van der Waals surface area contributed by atoms with Gasteiger partial charge in [0, 0.05) is 38.4 Å². The smallest absolute Gasteiger partial charge is 0.317 e. The van der Waals surface area contributed by atoms with Crippen molar-refractivity contribution < 1.29 is 9.53 Å². The highest BCUT2D eigenvalue weighted by Crippen LogP contribution is 2.23. The number of amides is 2. The van der Waals surface area contributed by atoms with Gasteiger partial charge in [0.2, 0.25) is 0 Å². The zero-order valence-corrected chi connectivity index (χ0v) is 14.0. The minimum Gasteiger partial charge on any atom is -0.378 e. The fraction of sp³-hybridized carbons (Fsp3) is 0.611. The number of carbonyl (C=O) groups is 1. The van der Waals surface area contributed by atoms with Gasteiger partial charge >= 0.3 is 6.03 Å². The van der Waals surface area contributed by atoms with Crippen molar-refractivity contribution in [3.8, 4) is 0 Å².